The molecule has 5 nitrogen and oxygen atoms in total. The van der Waals surface area contributed by atoms with Crippen LogP contribution >= 0.6 is 0 Å². The Kier molecular flexibility index (Phi) is 4.05. The minimum Gasteiger partial charge on any atom is -0.508 e. The van der Waals surface area contributed by atoms with Crippen molar-refractivity contribution in [3.63, 3.8) is 0 Å². The molecule has 6 heteroatoms. The second kappa shape index (κ2) is 5.92. The zero-order valence-electron chi connectivity index (χ0n) is 11.1. The SMILES string of the molecule is COc1cccc(C#N)c1NC(=O)c1ccc(O)cc1F. The maximum Gasteiger partial charge on any atom is 0.258 e. The average molecular weight is 286 g/mol. The minimum atomic E-state index is -0.860. The number of phenolic OH excluding ortho intramolecular Hbond substituents is 1. The molecule has 0 heterocycles. The van der Waals surface area contributed by atoms with Gasteiger partial charge in [-0.2, -0.15) is 5.26 Å². The van der Waals surface area contributed by atoms with Crippen LogP contribution in [0, 0.1) is 17.1 Å². The van der Waals surface area contributed by atoms with E-state index in [2.05, 4.69) is 5.32 Å². The molecule has 0 saturated carbocycles. The number of hydrogen-bond donors (Lipinski definition) is 2. The first kappa shape index (κ1) is 14.3. The summed E-state index contributed by atoms with van der Waals surface area (Å²) in [7, 11) is 1.40. The van der Waals surface area contributed by atoms with E-state index in [4.69, 9.17) is 15.1 Å². The molecule has 2 aromatic rings. The number of halogens is 1. The van der Waals surface area contributed by atoms with Gasteiger partial charge in [0.25, 0.3) is 5.91 Å². The Morgan fingerprint density at radius 2 is 2.14 bits per heavy atom. The second-order valence-corrected chi connectivity index (χ2v) is 4.11. The molecule has 0 fully saturated rings. The largest absolute Gasteiger partial charge is 0.508 e. The topological polar surface area (TPSA) is 82.3 Å². The van der Waals surface area contributed by atoms with Gasteiger partial charge in [-0.15, -0.1) is 0 Å². The molecule has 0 radical (unpaired) electrons. The zero-order valence-corrected chi connectivity index (χ0v) is 11.1. The fourth-order valence-electron chi connectivity index (χ4n) is 1.79. The quantitative estimate of drug-likeness (QED) is 0.908. The van der Waals surface area contributed by atoms with Crippen molar-refractivity contribution in [1.82, 2.24) is 0 Å². The highest BCUT2D eigenvalue weighted by Gasteiger charge is 2.16. The van der Waals surface area contributed by atoms with Crippen LogP contribution in [-0.2, 0) is 0 Å². The number of carbonyl (C=O) groups is 1. The van der Waals surface area contributed by atoms with Gasteiger partial charge in [0.15, 0.2) is 0 Å². The summed E-state index contributed by atoms with van der Waals surface area (Å²) >= 11 is 0. The van der Waals surface area contributed by atoms with Gasteiger partial charge in [0.2, 0.25) is 0 Å². The van der Waals surface area contributed by atoms with Gasteiger partial charge < -0.3 is 15.2 Å². The number of phenols is 1. The third kappa shape index (κ3) is 2.92. The van der Waals surface area contributed by atoms with Crippen molar-refractivity contribution in [2.45, 2.75) is 0 Å². The summed E-state index contributed by atoms with van der Waals surface area (Å²) in [6.07, 6.45) is 0. The van der Waals surface area contributed by atoms with Gasteiger partial charge in [-0.25, -0.2) is 4.39 Å². The van der Waals surface area contributed by atoms with Crippen LogP contribution in [0.2, 0.25) is 0 Å². The number of carbonyl (C=O) groups excluding carboxylic acids is 1. The molecular weight excluding hydrogens is 275 g/mol. The molecule has 0 aromatic heterocycles. The van der Waals surface area contributed by atoms with Crippen LogP contribution in [0.4, 0.5) is 10.1 Å². The van der Waals surface area contributed by atoms with Crippen LogP contribution in [0.3, 0.4) is 0 Å². The summed E-state index contributed by atoms with van der Waals surface area (Å²) in [4.78, 5) is 12.1. The number of rotatable bonds is 3. The second-order valence-electron chi connectivity index (χ2n) is 4.11. The van der Waals surface area contributed by atoms with E-state index in [9.17, 15) is 9.18 Å². The number of methoxy groups -OCH3 is 1. The Morgan fingerprint density at radius 1 is 1.38 bits per heavy atom. The molecule has 0 unspecified atom stereocenters. The first-order chi connectivity index (χ1) is 10.1. The number of hydrogen-bond acceptors (Lipinski definition) is 4. The van der Waals surface area contributed by atoms with Gasteiger partial charge in [-0.1, -0.05) is 6.07 Å². The number of ether oxygens (including phenoxy) is 1. The first-order valence-electron chi connectivity index (χ1n) is 5.93. The number of nitrogens with zero attached hydrogens (tertiary/aromatic N) is 1. The average Bonchev–Trinajstić information content (AvgIpc) is 2.47. The fraction of sp³-hybridized carbons (Fsp3) is 0.0667. The first-order valence-corrected chi connectivity index (χ1v) is 5.93. The van der Waals surface area contributed by atoms with E-state index in [1.807, 2.05) is 6.07 Å². The monoisotopic (exact) mass is 286 g/mol. The van der Waals surface area contributed by atoms with Gasteiger partial charge >= 0.3 is 0 Å². The smallest absolute Gasteiger partial charge is 0.258 e. The summed E-state index contributed by atoms with van der Waals surface area (Å²) in [5, 5.41) is 20.6. The molecule has 0 bridgehead atoms. The van der Waals surface area contributed by atoms with Gasteiger partial charge in [-0.3, -0.25) is 4.79 Å². The molecule has 0 aliphatic rings. The van der Waals surface area contributed by atoms with E-state index in [0.29, 0.717) is 5.75 Å². The normalized spacial score (nSPS) is 9.76. The number of nitrogens with one attached hydrogen (secondary N) is 1. The maximum atomic E-state index is 13.7. The Bertz CT molecular complexity index is 738. The molecule has 0 spiro atoms. The van der Waals surface area contributed by atoms with Crippen LogP contribution in [-0.4, -0.2) is 18.1 Å². The Labute approximate surface area is 120 Å². The number of aromatic hydroxyl groups is 1. The summed E-state index contributed by atoms with van der Waals surface area (Å²) in [5.74, 6) is -1.59. The van der Waals surface area contributed by atoms with E-state index >= 15 is 0 Å². The summed E-state index contributed by atoms with van der Waals surface area (Å²) in [6, 6.07) is 9.80. The van der Waals surface area contributed by atoms with Crippen molar-refractivity contribution < 1.29 is 19.0 Å². The van der Waals surface area contributed by atoms with Crippen molar-refractivity contribution in [2.75, 3.05) is 12.4 Å². The van der Waals surface area contributed by atoms with Crippen LogP contribution in [0.15, 0.2) is 36.4 Å². The predicted octanol–water partition coefficient (Wildman–Crippen LogP) is 2.66. The standard InChI is InChI=1S/C15H11FN2O3/c1-21-13-4-2-3-9(8-17)14(13)18-15(20)11-6-5-10(19)7-12(11)16/h2-7,19H,1H3,(H,18,20). The molecule has 0 atom stereocenters. The number of amides is 1. The van der Waals surface area contributed by atoms with Crippen molar-refractivity contribution in [1.29, 1.82) is 5.26 Å². The van der Waals surface area contributed by atoms with Crippen molar-refractivity contribution in [2.24, 2.45) is 0 Å². The lowest BCUT2D eigenvalue weighted by atomic mass is 10.1. The minimum absolute atomic E-state index is 0.167. The highest BCUT2D eigenvalue weighted by Crippen LogP contribution is 2.28. The third-order valence-electron chi connectivity index (χ3n) is 2.80. The van der Waals surface area contributed by atoms with Crippen LogP contribution in [0.1, 0.15) is 15.9 Å². The fourth-order valence-corrected chi connectivity index (χ4v) is 1.79. The molecule has 0 aliphatic heterocycles. The lowest BCUT2D eigenvalue weighted by Gasteiger charge is -2.12. The molecule has 2 rings (SSSR count). The van der Waals surface area contributed by atoms with Crippen molar-refractivity contribution in [3.8, 4) is 17.6 Å². The van der Waals surface area contributed by atoms with E-state index in [-0.39, 0.29) is 22.6 Å². The third-order valence-corrected chi connectivity index (χ3v) is 2.80. The zero-order chi connectivity index (χ0) is 15.4. The molecule has 1 amide bonds. The van der Waals surface area contributed by atoms with Crippen LogP contribution in [0.25, 0.3) is 0 Å². The highest BCUT2D eigenvalue weighted by atomic mass is 19.1. The van der Waals surface area contributed by atoms with E-state index in [1.54, 1.807) is 12.1 Å². The Balaban J connectivity index is 2.38. The molecule has 0 aliphatic carbocycles. The van der Waals surface area contributed by atoms with Gasteiger partial charge in [0.05, 0.1) is 18.2 Å². The lowest BCUT2D eigenvalue weighted by molar-refractivity contribution is 0.102. The highest BCUT2D eigenvalue weighted by molar-refractivity contribution is 6.06. The van der Waals surface area contributed by atoms with Gasteiger partial charge in [0.1, 0.15) is 29.1 Å². The number of anilines is 1. The molecule has 106 valence electrons. The summed E-state index contributed by atoms with van der Waals surface area (Å²) < 4.78 is 18.7. The summed E-state index contributed by atoms with van der Waals surface area (Å²) in [5.41, 5.74) is 0.115. The number of benzene rings is 2. The molecular formula is C15H11FN2O3. The Hall–Kier alpha value is -3.07. The van der Waals surface area contributed by atoms with Crippen LogP contribution < -0.4 is 10.1 Å². The molecule has 2 N–H and O–H groups in total. The molecule has 21 heavy (non-hydrogen) atoms. The Morgan fingerprint density at radius 3 is 2.76 bits per heavy atom. The van der Waals surface area contributed by atoms with Crippen LogP contribution in [0.5, 0.6) is 11.5 Å². The van der Waals surface area contributed by atoms with E-state index in [1.165, 1.54) is 19.2 Å². The van der Waals surface area contributed by atoms with Crippen molar-refractivity contribution in [3.05, 3.63) is 53.3 Å². The van der Waals surface area contributed by atoms with Gasteiger partial charge in [0, 0.05) is 6.07 Å². The number of nitriles is 1. The predicted molar refractivity (Wildman–Crippen MR) is 73.7 cm³/mol. The molecule has 2 aromatic carbocycles. The van der Waals surface area contributed by atoms with Crippen molar-refractivity contribution >= 4 is 11.6 Å². The number of para-hydroxylation sites is 1. The van der Waals surface area contributed by atoms with E-state index in [0.717, 1.165) is 12.1 Å². The molecule has 0 saturated heterocycles. The lowest BCUT2D eigenvalue weighted by Crippen LogP contribution is -2.15. The van der Waals surface area contributed by atoms with Gasteiger partial charge in [-0.05, 0) is 24.3 Å². The maximum absolute atomic E-state index is 13.7. The van der Waals surface area contributed by atoms with E-state index < -0.39 is 11.7 Å². The summed E-state index contributed by atoms with van der Waals surface area (Å²) in [6.45, 7) is 0.